The first-order valence-corrected chi connectivity index (χ1v) is 10.3. The fourth-order valence-electron chi connectivity index (χ4n) is 3.46. The normalized spacial score (nSPS) is 19.5. The van der Waals surface area contributed by atoms with E-state index in [0.717, 1.165) is 6.42 Å². The number of carbonyl (C=O) groups is 1. The summed E-state index contributed by atoms with van der Waals surface area (Å²) in [5.41, 5.74) is 1.19. The van der Waals surface area contributed by atoms with Gasteiger partial charge in [-0.3, -0.25) is 4.79 Å². The molecule has 0 saturated heterocycles. The minimum atomic E-state index is -4.00. The highest BCUT2D eigenvalue weighted by Crippen LogP contribution is 2.38. The van der Waals surface area contributed by atoms with Crippen molar-refractivity contribution < 1.29 is 22.7 Å². The van der Waals surface area contributed by atoms with Crippen LogP contribution in [0.2, 0.25) is 0 Å². The van der Waals surface area contributed by atoms with E-state index in [2.05, 4.69) is 4.72 Å². The highest BCUT2D eigenvalue weighted by atomic mass is 32.2. The summed E-state index contributed by atoms with van der Waals surface area (Å²) in [4.78, 5) is 12.5. The van der Waals surface area contributed by atoms with E-state index < -0.39 is 15.9 Å². The van der Waals surface area contributed by atoms with Crippen LogP contribution in [0, 0.1) is 5.92 Å². The van der Waals surface area contributed by atoms with Crippen LogP contribution in [0.5, 0.6) is 11.5 Å². The average Bonchev–Trinajstić information content (AvgIpc) is 3.18. The number of sulfonamides is 1. The van der Waals surface area contributed by atoms with E-state index in [1.54, 1.807) is 6.07 Å². The van der Waals surface area contributed by atoms with E-state index in [0.29, 0.717) is 24.3 Å². The monoisotopic (exact) mass is 389 g/mol. The van der Waals surface area contributed by atoms with Gasteiger partial charge in [-0.2, -0.15) is 0 Å². The third-order valence-electron chi connectivity index (χ3n) is 4.94. The summed E-state index contributed by atoms with van der Waals surface area (Å²) < 4.78 is 37.7. The fraction of sp³-hybridized carbons (Fsp3) is 0.350. The van der Waals surface area contributed by atoms with Gasteiger partial charge in [0, 0.05) is 24.1 Å². The van der Waals surface area contributed by atoms with Crippen molar-refractivity contribution in [1.29, 1.82) is 0 Å². The summed E-state index contributed by atoms with van der Waals surface area (Å²) in [6, 6.07) is 14.3. The molecular weight excluding hydrogens is 366 g/mol. The molecule has 1 N–H and O–H groups in total. The Hall–Kier alpha value is -2.54. The van der Waals surface area contributed by atoms with Gasteiger partial charge in [0.1, 0.15) is 11.5 Å². The molecule has 0 aromatic heterocycles. The second-order valence-corrected chi connectivity index (χ2v) is 8.32. The zero-order valence-corrected chi connectivity index (χ0v) is 16.2. The summed E-state index contributed by atoms with van der Waals surface area (Å²) in [6.45, 7) is 0. The molecular formula is C20H23NO5S. The van der Waals surface area contributed by atoms with Crippen LogP contribution in [0.4, 0.5) is 0 Å². The molecule has 2 aromatic carbocycles. The number of hydrogen-bond acceptors (Lipinski definition) is 5. The van der Waals surface area contributed by atoms with Gasteiger partial charge in [-0.25, -0.2) is 13.1 Å². The van der Waals surface area contributed by atoms with Gasteiger partial charge in [0.15, 0.2) is 0 Å². The molecule has 0 unspecified atom stereocenters. The number of benzene rings is 2. The van der Waals surface area contributed by atoms with Crippen LogP contribution in [0.3, 0.4) is 0 Å². The molecule has 0 spiro atoms. The Labute approximate surface area is 159 Å². The number of rotatable bonds is 6. The lowest BCUT2D eigenvalue weighted by atomic mass is 9.96. The Morgan fingerprint density at radius 2 is 1.63 bits per heavy atom. The molecule has 6 nitrogen and oxygen atoms in total. The van der Waals surface area contributed by atoms with Crippen LogP contribution in [-0.2, 0) is 14.8 Å². The standard InChI is InChI=1S/C20H23NO5S/c1-25-17-11-18(26-2)13-19(12-17)27(23,24)21-20(22)16-9-8-15(10-16)14-6-4-3-5-7-14/h3-7,11-13,15-16H,8-10H2,1-2H3,(H,21,22)/t15-,16-/m1/s1. The summed E-state index contributed by atoms with van der Waals surface area (Å²) in [6.07, 6.45) is 2.18. The number of ether oxygens (including phenoxy) is 2. The molecule has 2 atom stereocenters. The quantitative estimate of drug-likeness (QED) is 0.821. The van der Waals surface area contributed by atoms with E-state index >= 15 is 0 Å². The van der Waals surface area contributed by atoms with Crippen LogP contribution in [0.1, 0.15) is 30.7 Å². The second-order valence-electron chi connectivity index (χ2n) is 6.64. The number of amides is 1. The van der Waals surface area contributed by atoms with Crippen molar-refractivity contribution in [2.24, 2.45) is 5.92 Å². The van der Waals surface area contributed by atoms with Gasteiger partial charge in [-0.1, -0.05) is 30.3 Å². The fourth-order valence-corrected chi connectivity index (χ4v) is 4.55. The molecule has 27 heavy (non-hydrogen) atoms. The molecule has 144 valence electrons. The topological polar surface area (TPSA) is 81.7 Å². The van der Waals surface area contributed by atoms with Crippen molar-refractivity contribution in [3.05, 3.63) is 54.1 Å². The molecule has 3 rings (SSSR count). The van der Waals surface area contributed by atoms with Crippen LogP contribution in [-0.4, -0.2) is 28.5 Å². The molecule has 0 aliphatic heterocycles. The van der Waals surface area contributed by atoms with Crippen LogP contribution in [0.15, 0.2) is 53.4 Å². The van der Waals surface area contributed by atoms with Gasteiger partial charge in [0.25, 0.3) is 10.0 Å². The minimum Gasteiger partial charge on any atom is -0.497 e. The molecule has 1 aliphatic carbocycles. The van der Waals surface area contributed by atoms with Gasteiger partial charge in [-0.05, 0) is 30.7 Å². The molecule has 7 heteroatoms. The molecule has 2 aromatic rings. The lowest BCUT2D eigenvalue weighted by molar-refractivity contribution is -0.123. The first-order valence-electron chi connectivity index (χ1n) is 8.77. The van der Waals surface area contributed by atoms with Crippen molar-refractivity contribution in [2.75, 3.05) is 14.2 Å². The largest absolute Gasteiger partial charge is 0.497 e. The Morgan fingerprint density at radius 1 is 1.00 bits per heavy atom. The van der Waals surface area contributed by atoms with Gasteiger partial charge < -0.3 is 9.47 Å². The minimum absolute atomic E-state index is 0.0651. The van der Waals surface area contributed by atoms with Crippen molar-refractivity contribution in [3.63, 3.8) is 0 Å². The summed E-state index contributed by atoms with van der Waals surface area (Å²) in [7, 11) is -1.13. The molecule has 1 fully saturated rings. The van der Waals surface area contributed by atoms with Crippen molar-refractivity contribution in [1.82, 2.24) is 4.72 Å². The third-order valence-corrected chi connectivity index (χ3v) is 6.27. The van der Waals surface area contributed by atoms with Crippen LogP contribution >= 0.6 is 0 Å². The molecule has 0 bridgehead atoms. The first kappa shape index (κ1) is 19.2. The zero-order valence-electron chi connectivity index (χ0n) is 15.3. The zero-order chi connectivity index (χ0) is 19.4. The SMILES string of the molecule is COc1cc(OC)cc(S(=O)(=O)NC(=O)[C@@H]2CC[C@@H](c3ccccc3)C2)c1. The van der Waals surface area contributed by atoms with Gasteiger partial charge >= 0.3 is 0 Å². The molecule has 1 aliphatic rings. The number of carbonyl (C=O) groups excluding carboxylic acids is 1. The Kier molecular flexibility index (Phi) is 5.70. The maximum absolute atomic E-state index is 12.6. The lowest BCUT2D eigenvalue weighted by Gasteiger charge is -2.14. The predicted molar refractivity (Wildman–Crippen MR) is 101 cm³/mol. The van der Waals surface area contributed by atoms with E-state index in [-0.39, 0.29) is 16.7 Å². The summed E-state index contributed by atoms with van der Waals surface area (Å²) in [5.74, 6) is 0.175. The van der Waals surface area contributed by atoms with Crippen molar-refractivity contribution in [3.8, 4) is 11.5 Å². The van der Waals surface area contributed by atoms with Crippen LogP contribution in [0.25, 0.3) is 0 Å². The lowest BCUT2D eigenvalue weighted by Crippen LogP contribution is -2.34. The predicted octanol–water partition coefficient (Wildman–Crippen LogP) is 3.09. The number of methoxy groups -OCH3 is 2. The maximum atomic E-state index is 12.6. The average molecular weight is 389 g/mol. The Bertz CT molecular complexity index is 889. The van der Waals surface area contributed by atoms with Crippen molar-refractivity contribution >= 4 is 15.9 Å². The van der Waals surface area contributed by atoms with Crippen LogP contribution < -0.4 is 14.2 Å². The second kappa shape index (κ2) is 8.00. The molecule has 0 heterocycles. The van der Waals surface area contributed by atoms with Crippen molar-refractivity contribution in [2.45, 2.75) is 30.1 Å². The van der Waals surface area contributed by atoms with Gasteiger partial charge in [-0.15, -0.1) is 0 Å². The number of nitrogens with one attached hydrogen (secondary N) is 1. The third kappa shape index (κ3) is 4.42. The molecule has 1 amide bonds. The summed E-state index contributed by atoms with van der Waals surface area (Å²) in [5, 5.41) is 0. The van der Waals surface area contributed by atoms with E-state index in [1.807, 2.05) is 30.3 Å². The first-order chi connectivity index (χ1) is 12.9. The van der Waals surface area contributed by atoms with E-state index in [9.17, 15) is 13.2 Å². The highest BCUT2D eigenvalue weighted by Gasteiger charge is 2.33. The number of hydrogen-bond donors (Lipinski definition) is 1. The maximum Gasteiger partial charge on any atom is 0.264 e. The van der Waals surface area contributed by atoms with E-state index in [1.165, 1.54) is 31.9 Å². The Morgan fingerprint density at radius 3 is 2.22 bits per heavy atom. The smallest absolute Gasteiger partial charge is 0.264 e. The van der Waals surface area contributed by atoms with E-state index in [4.69, 9.17) is 9.47 Å². The molecule has 1 saturated carbocycles. The Balaban J connectivity index is 1.72. The van der Waals surface area contributed by atoms with Gasteiger partial charge in [0.05, 0.1) is 19.1 Å². The highest BCUT2D eigenvalue weighted by molar-refractivity contribution is 7.90. The summed E-state index contributed by atoms with van der Waals surface area (Å²) >= 11 is 0. The molecule has 0 radical (unpaired) electrons. The van der Waals surface area contributed by atoms with Gasteiger partial charge in [0.2, 0.25) is 5.91 Å².